The Morgan fingerprint density at radius 3 is 2.64 bits per heavy atom. The first-order valence-corrected chi connectivity index (χ1v) is 8.61. The van der Waals surface area contributed by atoms with Gasteiger partial charge in [-0.3, -0.25) is 25.1 Å². The Bertz CT molecular complexity index is 1050. The highest BCUT2D eigenvalue weighted by molar-refractivity contribution is 9.10. The van der Waals surface area contributed by atoms with Gasteiger partial charge >= 0.3 is 5.69 Å². The Labute approximate surface area is 167 Å². The van der Waals surface area contributed by atoms with E-state index in [-0.39, 0.29) is 16.9 Å². The van der Waals surface area contributed by atoms with E-state index in [1.54, 1.807) is 36.4 Å². The number of nitrogens with one attached hydrogen (secondary N) is 1. The van der Waals surface area contributed by atoms with Crippen LogP contribution in [0.3, 0.4) is 0 Å². The predicted octanol–water partition coefficient (Wildman–Crippen LogP) is 2.72. The summed E-state index contributed by atoms with van der Waals surface area (Å²) in [5, 5.41) is 21.2. The molecule has 0 radical (unpaired) electrons. The van der Waals surface area contributed by atoms with Gasteiger partial charge in [0.2, 0.25) is 5.75 Å². The molecule has 0 saturated carbocycles. The molecule has 2 aromatic carbocycles. The topological polar surface area (TPSA) is 126 Å². The number of carbonyl (C=O) groups is 2. The van der Waals surface area contributed by atoms with Crippen LogP contribution in [-0.2, 0) is 9.59 Å². The molecule has 0 unspecified atom stereocenters. The Balaban J connectivity index is 2.07. The van der Waals surface area contributed by atoms with Crippen molar-refractivity contribution in [2.24, 2.45) is 0 Å². The fraction of sp³-hybridized carbons (Fsp3) is 0.0556. The van der Waals surface area contributed by atoms with Crippen LogP contribution in [-0.4, -0.2) is 23.3 Å². The summed E-state index contributed by atoms with van der Waals surface area (Å²) in [6.45, 7) is -0.436. The standard InChI is InChI=1S/C18H11BrN4O5/c19-12-8-11(16(28-7-6-20)15(10-12)23(26)27)9-14-17(24)21-22(18(14)25)13-4-2-1-3-5-13/h1-5,8-10H,7H2,(H,21,24). The van der Waals surface area contributed by atoms with Gasteiger partial charge in [0, 0.05) is 16.1 Å². The van der Waals surface area contributed by atoms with Gasteiger partial charge in [0.15, 0.2) is 6.61 Å². The number of carbonyl (C=O) groups excluding carboxylic acids is 2. The molecule has 0 atom stereocenters. The van der Waals surface area contributed by atoms with Gasteiger partial charge in [-0.15, -0.1) is 0 Å². The fourth-order valence-corrected chi connectivity index (χ4v) is 3.04. The van der Waals surface area contributed by atoms with Gasteiger partial charge in [0.25, 0.3) is 11.8 Å². The summed E-state index contributed by atoms with van der Waals surface area (Å²) >= 11 is 3.16. The molecular weight excluding hydrogens is 432 g/mol. The van der Waals surface area contributed by atoms with E-state index in [4.69, 9.17) is 10.00 Å². The van der Waals surface area contributed by atoms with E-state index in [0.717, 1.165) is 5.01 Å². The van der Waals surface area contributed by atoms with Gasteiger partial charge in [0.05, 0.1) is 10.6 Å². The van der Waals surface area contributed by atoms with Gasteiger partial charge in [-0.05, 0) is 24.3 Å². The van der Waals surface area contributed by atoms with Crippen LogP contribution >= 0.6 is 15.9 Å². The molecule has 28 heavy (non-hydrogen) atoms. The van der Waals surface area contributed by atoms with Crippen LogP contribution in [0.2, 0.25) is 0 Å². The van der Waals surface area contributed by atoms with Crippen LogP contribution in [0.5, 0.6) is 5.75 Å². The third-order valence-electron chi connectivity index (χ3n) is 3.75. The average Bonchev–Trinajstić information content (AvgIpc) is 2.95. The lowest BCUT2D eigenvalue weighted by Gasteiger charge is -2.14. The number of nitro benzene ring substituents is 1. The van der Waals surface area contributed by atoms with E-state index in [0.29, 0.717) is 10.2 Å². The summed E-state index contributed by atoms with van der Waals surface area (Å²) in [6.07, 6.45) is 1.20. The van der Waals surface area contributed by atoms with E-state index < -0.39 is 29.0 Å². The molecule has 1 saturated heterocycles. The minimum Gasteiger partial charge on any atom is -0.471 e. The number of ether oxygens (including phenoxy) is 1. The number of benzene rings is 2. The fourth-order valence-electron chi connectivity index (χ4n) is 2.58. The maximum atomic E-state index is 12.7. The third kappa shape index (κ3) is 3.70. The van der Waals surface area contributed by atoms with Gasteiger partial charge in [-0.2, -0.15) is 5.26 Å². The number of rotatable bonds is 5. The highest BCUT2D eigenvalue weighted by Crippen LogP contribution is 2.36. The van der Waals surface area contributed by atoms with Gasteiger partial charge < -0.3 is 4.74 Å². The third-order valence-corrected chi connectivity index (χ3v) is 4.20. The molecule has 1 heterocycles. The molecule has 0 aromatic heterocycles. The predicted molar refractivity (Wildman–Crippen MR) is 102 cm³/mol. The van der Waals surface area contributed by atoms with Crippen molar-refractivity contribution < 1.29 is 19.2 Å². The molecule has 2 aromatic rings. The van der Waals surface area contributed by atoms with Crippen LogP contribution in [0.15, 0.2) is 52.5 Å². The number of amides is 2. The molecule has 1 N–H and O–H groups in total. The quantitative estimate of drug-likeness (QED) is 0.328. The monoisotopic (exact) mass is 442 g/mol. The second-order valence-corrected chi connectivity index (χ2v) is 6.44. The van der Waals surface area contributed by atoms with Crippen LogP contribution in [0, 0.1) is 21.4 Å². The molecule has 140 valence electrons. The first kappa shape index (κ1) is 19.1. The maximum Gasteiger partial charge on any atom is 0.312 e. The zero-order valence-electron chi connectivity index (χ0n) is 14.1. The summed E-state index contributed by atoms with van der Waals surface area (Å²) < 4.78 is 5.55. The van der Waals surface area contributed by atoms with E-state index in [1.165, 1.54) is 18.2 Å². The minimum atomic E-state index is -0.674. The number of hydrogen-bond donors (Lipinski definition) is 1. The first-order chi connectivity index (χ1) is 13.4. The molecule has 1 aliphatic rings. The number of anilines is 1. The largest absolute Gasteiger partial charge is 0.471 e. The van der Waals surface area contributed by atoms with Crippen molar-refractivity contribution in [1.29, 1.82) is 5.26 Å². The zero-order valence-corrected chi connectivity index (χ0v) is 15.7. The zero-order chi connectivity index (χ0) is 20.3. The van der Waals surface area contributed by atoms with Crippen LogP contribution < -0.4 is 15.2 Å². The number of para-hydroxylation sites is 1. The van der Waals surface area contributed by atoms with Crippen molar-refractivity contribution in [3.8, 4) is 11.8 Å². The first-order valence-electron chi connectivity index (χ1n) is 7.82. The van der Waals surface area contributed by atoms with Crippen molar-refractivity contribution in [2.75, 3.05) is 11.6 Å². The van der Waals surface area contributed by atoms with Crippen molar-refractivity contribution in [3.05, 3.63) is 68.2 Å². The van der Waals surface area contributed by atoms with Gasteiger partial charge in [0.1, 0.15) is 11.6 Å². The molecule has 1 aliphatic heterocycles. The number of nitrogens with zero attached hydrogens (tertiary/aromatic N) is 3. The molecule has 0 aliphatic carbocycles. The molecular formula is C18H11BrN4O5. The number of hydrogen-bond acceptors (Lipinski definition) is 6. The van der Waals surface area contributed by atoms with Crippen molar-refractivity contribution in [1.82, 2.24) is 5.43 Å². The van der Waals surface area contributed by atoms with Gasteiger partial charge in [-0.25, -0.2) is 5.01 Å². The summed E-state index contributed by atoms with van der Waals surface area (Å²) in [6, 6.07) is 12.9. The van der Waals surface area contributed by atoms with E-state index in [2.05, 4.69) is 21.4 Å². The molecule has 1 fully saturated rings. The lowest BCUT2D eigenvalue weighted by molar-refractivity contribution is -0.385. The summed E-state index contributed by atoms with van der Waals surface area (Å²) in [7, 11) is 0. The lowest BCUT2D eigenvalue weighted by atomic mass is 10.1. The lowest BCUT2D eigenvalue weighted by Crippen LogP contribution is -2.35. The SMILES string of the molecule is N#CCOc1c(C=C2C(=O)NN(c3ccccc3)C2=O)cc(Br)cc1[N+](=O)[O-]. The van der Waals surface area contributed by atoms with E-state index in [1.807, 2.05) is 0 Å². The van der Waals surface area contributed by atoms with E-state index >= 15 is 0 Å². The van der Waals surface area contributed by atoms with Crippen molar-refractivity contribution in [3.63, 3.8) is 0 Å². The number of nitriles is 1. The minimum absolute atomic E-state index is 0.115. The number of halogens is 1. The van der Waals surface area contributed by atoms with E-state index in [9.17, 15) is 19.7 Å². The highest BCUT2D eigenvalue weighted by atomic mass is 79.9. The van der Waals surface area contributed by atoms with Crippen molar-refractivity contribution >= 4 is 45.2 Å². The van der Waals surface area contributed by atoms with Crippen LogP contribution in [0.1, 0.15) is 5.56 Å². The molecule has 0 spiro atoms. The molecule has 3 rings (SSSR count). The molecule has 0 bridgehead atoms. The average molecular weight is 443 g/mol. The normalized spacial score (nSPS) is 14.7. The summed E-state index contributed by atoms with van der Waals surface area (Å²) in [4.78, 5) is 35.7. The second-order valence-electron chi connectivity index (χ2n) is 5.52. The Morgan fingerprint density at radius 1 is 1.29 bits per heavy atom. The summed E-state index contributed by atoms with van der Waals surface area (Å²) in [5.74, 6) is -1.49. The highest BCUT2D eigenvalue weighted by Gasteiger charge is 2.35. The van der Waals surface area contributed by atoms with Crippen LogP contribution in [0.4, 0.5) is 11.4 Å². The number of hydrazine groups is 1. The smallest absolute Gasteiger partial charge is 0.312 e. The molecule has 2 amide bonds. The summed E-state index contributed by atoms with van der Waals surface area (Å²) in [5.41, 5.74) is 2.40. The number of nitro groups is 1. The molecule has 9 nitrogen and oxygen atoms in total. The Hall–Kier alpha value is -3.71. The second kappa shape index (κ2) is 7.89. The Morgan fingerprint density at radius 2 is 2.00 bits per heavy atom. The molecule has 10 heteroatoms. The van der Waals surface area contributed by atoms with Gasteiger partial charge in [-0.1, -0.05) is 34.1 Å². The van der Waals surface area contributed by atoms with Crippen molar-refractivity contribution in [2.45, 2.75) is 0 Å². The maximum absolute atomic E-state index is 12.7. The Kier molecular flexibility index (Phi) is 5.37. The van der Waals surface area contributed by atoms with Crippen LogP contribution in [0.25, 0.3) is 6.08 Å².